The molecule has 1 atom stereocenters. The van der Waals surface area contributed by atoms with Crippen LogP contribution in [0.25, 0.3) is 0 Å². The predicted molar refractivity (Wildman–Crippen MR) is 111 cm³/mol. The summed E-state index contributed by atoms with van der Waals surface area (Å²) in [5.41, 5.74) is 2.24. The molecule has 1 aliphatic heterocycles. The van der Waals surface area contributed by atoms with E-state index in [1.54, 1.807) is 0 Å². The van der Waals surface area contributed by atoms with Gasteiger partial charge in [0.1, 0.15) is 11.6 Å². The molecule has 2 fully saturated rings. The number of anilines is 1. The topological polar surface area (TPSA) is 71.8 Å². The number of halogens is 2. The number of hydrogen-bond acceptors (Lipinski definition) is 4. The van der Waals surface area contributed by atoms with E-state index in [-0.39, 0.29) is 42.1 Å². The Kier molecular flexibility index (Phi) is 6.89. The lowest BCUT2D eigenvalue weighted by atomic mass is 9.92. The van der Waals surface area contributed by atoms with Gasteiger partial charge in [0.05, 0.1) is 6.54 Å². The molecule has 1 saturated carbocycles. The Hall–Kier alpha value is -1.63. The van der Waals surface area contributed by atoms with Gasteiger partial charge in [-0.1, -0.05) is 12.1 Å². The van der Waals surface area contributed by atoms with Crippen molar-refractivity contribution in [1.29, 1.82) is 0 Å². The third kappa shape index (κ3) is 4.62. The zero-order valence-corrected chi connectivity index (χ0v) is 17.3. The maximum absolute atomic E-state index is 12.6. The van der Waals surface area contributed by atoms with Crippen LogP contribution in [0.15, 0.2) is 24.3 Å². The molecule has 0 radical (unpaired) electrons. The normalized spacial score (nSPS) is 19.7. The summed E-state index contributed by atoms with van der Waals surface area (Å²) in [6.45, 7) is 6.59. The fourth-order valence-electron chi connectivity index (χ4n) is 4.06. The second-order valence-corrected chi connectivity index (χ2v) is 7.42. The molecular formula is C19H27Cl2N5O. The highest BCUT2D eigenvalue weighted by Crippen LogP contribution is 2.58. The largest absolute Gasteiger partial charge is 0.326 e. The van der Waals surface area contributed by atoms with Crippen LogP contribution in [0.1, 0.15) is 36.5 Å². The summed E-state index contributed by atoms with van der Waals surface area (Å²) in [5.74, 6) is 2.03. The van der Waals surface area contributed by atoms with Crippen LogP contribution in [-0.2, 0) is 11.3 Å². The Morgan fingerprint density at radius 1 is 1.30 bits per heavy atom. The molecule has 2 aromatic rings. The van der Waals surface area contributed by atoms with Gasteiger partial charge in [-0.25, -0.2) is 9.67 Å². The van der Waals surface area contributed by atoms with Crippen molar-refractivity contribution in [2.24, 2.45) is 11.3 Å². The van der Waals surface area contributed by atoms with E-state index >= 15 is 0 Å². The third-order valence-corrected chi connectivity index (χ3v) is 5.59. The van der Waals surface area contributed by atoms with Gasteiger partial charge in [0, 0.05) is 11.6 Å². The zero-order chi connectivity index (χ0) is 17.4. The summed E-state index contributed by atoms with van der Waals surface area (Å²) >= 11 is 0. The number of aryl methyl sites for hydroxylation is 2. The van der Waals surface area contributed by atoms with Gasteiger partial charge >= 0.3 is 0 Å². The first kappa shape index (κ1) is 21.7. The van der Waals surface area contributed by atoms with Crippen molar-refractivity contribution in [1.82, 2.24) is 20.1 Å². The smallest absolute Gasteiger partial charge is 0.228 e. The minimum atomic E-state index is 0. The number of nitrogens with zero attached hydrogens (tertiary/aromatic N) is 3. The van der Waals surface area contributed by atoms with Crippen molar-refractivity contribution >= 4 is 36.4 Å². The number of benzene rings is 1. The van der Waals surface area contributed by atoms with Crippen LogP contribution in [0.3, 0.4) is 0 Å². The van der Waals surface area contributed by atoms with E-state index in [0.29, 0.717) is 6.54 Å². The lowest BCUT2D eigenvalue weighted by molar-refractivity contribution is -0.118. The second kappa shape index (κ2) is 8.59. The molecule has 27 heavy (non-hydrogen) atoms. The lowest BCUT2D eigenvalue weighted by Gasteiger charge is -2.23. The molecule has 2 aliphatic rings. The molecule has 6 nitrogen and oxygen atoms in total. The average Bonchev–Trinajstić information content (AvgIpc) is 3.18. The van der Waals surface area contributed by atoms with Gasteiger partial charge < -0.3 is 10.6 Å². The predicted octanol–water partition coefficient (Wildman–Crippen LogP) is 3.12. The SMILES string of the molecule is Cc1nc(C)n(Cc2cccc(NC(=O)C3CC34CCNCC4)c2)n1.Cl.Cl. The van der Waals surface area contributed by atoms with E-state index in [1.807, 2.05) is 36.7 Å². The van der Waals surface area contributed by atoms with Gasteiger partial charge in [-0.05, 0) is 69.3 Å². The minimum absolute atomic E-state index is 0. The molecule has 1 spiro atoms. The average molecular weight is 412 g/mol. The maximum atomic E-state index is 12.6. The van der Waals surface area contributed by atoms with E-state index in [4.69, 9.17) is 0 Å². The van der Waals surface area contributed by atoms with Crippen LogP contribution >= 0.6 is 24.8 Å². The van der Waals surface area contributed by atoms with Crippen molar-refractivity contribution in [2.45, 2.75) is 39.7 Å². The maximum Gasteiger partial charge on any atom is 0.228 e. The quantitative estimate of drug-likeness (QED) is 0.810. The van der Waals surface area contributed by atoms with E-state index in [2.05, 4.69) is 26.8 Å². The van der Waals surface area contributed by atoms with Gasteiger partial charge in [-0.15, -0.1) is 24.8 Å². The number of nitrogens with one attached hydrogen (secondary N) is 2. The van der Waals surface area contributed by atoms with E-state index in [9.17, 15) is 4.79 Å². The summed E-state index contributed by atoms with van der Waals surface area (Å²) in [6, 6.07) is 8.03. The summed E-state index contributed by atoms with van der Waals surface area (Å²) in [6.07, 6.45) is 3.28. The van der Waals surface area contributed by atoms with Gasteiger partial charge in [0.2, 0.25) is 5.91 Å². The number of carbonyl (C=O) groups is 1. The summed E-state index contributed by atoms with van der Waals surface area (Å²) < 4.78 is 1.89. The molecule has 1 aliphatic carbocycles. The molecular weight excluding hydrogens is 385 g/mol. The van der Waals surface area contributed by atoms with Crippen LogP contribution < -0.4 is 10.6 Å². The van der Waals surface area contributed by atoms with Crippen molar-refractivity contribution in [3.05, 3.63) is 41.5 Å². The highest BCUT2D eigenvalue weighted by atomic mass is 35.5. The fourth-order valence-corrected chi connectivity index (χ4v) is 4.06. The number of piperidine rings is 1. The van der Waals surface area contributed by atoms with Crippen molar-refractivity contribution < 1.29 is 4.79 Å². The minimum Gasteiger partial charge on any atom is -0.326 e. The Morgan fingerprint density at radius 2 is 2.04 bits per heavy atom. The molecule has 1 aromatic heterocycles. The number of aromatic nitrogens is 3. The summed E-state index contributed by atoms with van der Waals surface area (Å²) in [4.78, 5) is 17.0. The van der Waals surface area contributed by atoms with E-state index in [0.717, 1.165) is 55.3 Å². The number of hydrogen-bond donors (Lipinski definition) is 2. The summed E-state index contributed by atoms with van der Waals surface area (Å²) in [5, 5.41) is 10.9. The lowest BCUT2D eigenvalue weighted by Crippen LogP contribution is -2.31. The standard InChI is InChI=1S/C19H25N5O.2ClH/c1-13-21-14(2)24(23-13)12-15-4-3-5-16(10-15)22-18(25)17-11-19(17)6-8-20-9-7-19;;/h3-5,10,17,20H,6-9,11-12H2,1-2H3,(H,22,25);2*1H. The molecule has 2 N–H and O–H groups in total. The Morgan fingerprint density at radius 3 is 2.70 bits per heavy atom. The molecule has 1 aromatic carbocycles. The van der Waals surface area contributed by atoms with E-state index < -0.39 is 0 Å². The first-order valence-electron chi connectivity index (χ1n) is 9.04. The number of rotatable bonds is 4. The van der Waals surface area contributed by atoms with Crippen molar-refractivity contribution in [2.75, 3.05) is 18.4 Å². The van der Waals surface area contributed by atoms with Gasteiger partial charge in [0.15, 0.2) is 0 Å². The van der Waals surface area contributed by atoms with Crippen LogP contribution in [0.4, 0.5) is 5.69 Å². The molecule has 1 saturated heterocycles. The fraction of sp³-hybridized carbons (Fsp3) is 0.526. The molecule has 1 amide bonds. The highest BCUT2D eigenvalue weighted by Gasteiger charge is 2.57. The monoisotopic (exact) mass is 411 g/mol. The van der Waals surface area contributed by atoms with Gasteiger partial charge in [0.25, 0.3) is 0 Å². The number of amides is 1. The first-order chi connectivity index (χ1) is 12.1. The second-order valence-electron chi connectivity index (χ2n) is 7.42. The van der Waals surface area contributed by atoms with E-state index in [1.165, 1.54) is 0 Å². The Bertz CT molecular complexity index is 801. The van der Waals surface area contributed by atoms with Crippen molar-refractivity contribution in [3.8, 4) is 0 Å². The highest BCUT2D eigenvalue weighted by molar-refractivity contribution is 5.95. The van der Waals surface area contributed by atoms with Crippen LogP contribution in [-0.4, -0.2) is 33.8 Å². The van der Waals surface area contributed by atoms with Crippen LogP contribution in [0.5, 0.6) is 0 Å². The Labute approximate surface area is 172 Å². The first-order valence-corrected chi connectivity index (χ1v) is 9.04. The number of carbonyl (C=O) groups excluding carboxylic acids is 1. The molecule has 8 heteroatoms. The third-order valence-electron chi connectivity index (χ3n) is 5.59. The molecule has 1 unspecified atom stereocenters. The zero-order valence-electron chi connectivity index (χ0n) is 15.7. The summed E-state index contributed by atoms with van der Waals surface area (Å²) in [7, 11) is 0. The van der Waals surface area contributed by atoms with Crippen LogP contribution in [0, 0.1) is 25.2 Å². The Balaban J connectivity index is 0.00000131. The van der Waals surface area contributed by atoms with Crippen molar-refractivity contribution in [3.63, 3.8) is 0 Å². The molecule has 148 valence electrons. The van der Waals surface area contributed by atoms with Crippen LogP contribution in [0.2, 0.25) is 0 Å². The molecule has 2 heterocycles. The van der Waals surface area contributed by atoms with Gasteiger partial charge in [-0.2, -0.15) is 5.10 Å². The molecule has 4 rings (SSSR count). The molecule has 0 bridgehead atoms. The van der Waals surface area contributed by atoms with Gasteiger partial charge in [-0.3, -0.25) is 4.79 Å².